The van der Waals surface area contributed by atoms with Gasteiger partial charge in [-0.1, -0.05) is 70.4 Å². The average molecular weight is 454 g/mol. The van der Waals surface area contributed by atoms with Crippen LogP contribution in [0.4, 0.5) is 0 Å². The van der Waals surface area contributed by atoms with Crippen LogP contribution in [0.5, 0.6) is 0 Å². The van der Waals surface area contributed by atoms with Crippen LogP contribution in [0.3, 0.4) is 0 Å². The average Bonchev–Trinajstić information content (AvgIpc) is 2.76. The first-order chi connectivity index (χ1) is 15.0. The Kier molecular flexibility index (Phi) is 14.5. The lowest BCUT2D eigenvalue weighted by atomic mass is 9.86. The predicted molar refractivity (Wildman–Crippen MR) is 128 cm³/mol. The fraction of sp³-hybridized carbons (Fsp3) is 0.708. The number of unbranched alkanes of at least 4 members (excludes halogenated alkanes) is 11. The minimum atomic E-state index is -1.84. The summed E-state index contributed by atoms with van der Waals surface area (Å²) in [6, 6.07) is 0. The standard InChI is InChI=1S/C24H40NO5P/c1-2-3-4-5-6-7-8-9-10-11-12-13-14-15-16-17-22(26)24(27)19-18-21(25(28)29)20-23(24)31-30/h9-10,18-20,23,27,30-31H,2-8,11-17H2,1H3/b10-9-. The molecule has 6 nitrogen and oxygen atoms in total. The van der Waals surface area contributed by atoms with Crippen molar-refractivity contribution in [1.82, 2.24) is 0 Å². The molecule has 1 aliphatic rings. The largest absolute Gasteiger partial charge is 0.377 e. The molecule has 0 saturated carbocycles. The first-order valence-corrected chi connectivity index (χ1v) is 12.8. The highest BCUT2D eigenvalue weighted by Crippen LogP contribution is 2.35. The van der Waals surface area contributed by atoms with E-state index in [1.807, 2.05) is 0 Å². The highest BCUT2D eigenvalue weighted by molar-refractivity contribution is 7.32. The normalized spacial score (nSPS) is 21.3. The molecule has 176 valence electrons. The van der Waals surface area contributed by atoms with Gasteiger partial charge in [0.25, 0.3) is 5.70 Å². The Morgan fingerprint density at radius 1 is 1.06 bits per heavy atom. The Labute approximate surface area is 188 Å². The van der Waals surface area contributed by atoms with Crippen molar-refractivity contribution < 1.29 is 19.7 Å². The van der Waals surface area contributed by atoms with Crippen molar-refractivity contribution in [2.45, 2.75) is 108 Å². The summed E-state index contributed by atoms with van der Waals surface area (Å²) in [6.45, 7) is 2.24. The minimum Gasteiger partial charge on any atom is -0.377 e. The van der Waals surface area contributed by atoms with Crippen molar-refractivity contribution in [2.75, 3.05) is 0 Å². The number of rotatable bonds is 18. The van der Waals surface area contributed by atoms with Crippen molar-refractivity contribution >= 4 is 14.6 Å². The molecule has 0 aromatic carbocycles. The zero-order valence-electron chi connectivity index (χ0n) is 18.9. The summed E-state index contributed by atoms with van der Waals surface area (Å²) in [4.78, 5) is 32.2. The summed E-state index contributed by atoms with van der Waals surface area (Å²) in [6.07, 6.45) is 23.5. The molecular formula is C24H40NO5P. The third-order valence-corrected chi connectivity index (χ3v) is 6.67. The Bertz CT molecular complexity index is 631. The molecular weight excluding hydrogens is 413 g/mol. The number of Topliss-reactive ketones (excluding diaryl/α,β-unsaturated/α-hetero) is 1. The summed E-state index contributed by atoms with van der Waals surface area (Å²) in [5, 5.41) is 21.5. The van der Waals surface area contributed by atoms with E-state index in [0.29, 0.717) is 6.42 Å². The molecule has 0 aromatic rings. The summed E-state index contributed by atoms with van der Waals surface area (Å²) < 4.78 is 0. The molecule has 0 heterocycles. The van der Waals surface area contributed by atoms with Gasteiger partial charge in [0.1, 0.15) is 0 Å². The monoisotopic (exact) mass is 453 g/mol. The van der Waals surface area contributed by atoms with Crippen molar-refractivity contribution in [3.05, 3.63) is 46.2 Å². The number of hydrogen-bond donors (Lipinski definition) is 2. The maximum absolute atomic E-state index is 12.5. The second-order valence-electron chi connectivity index (χ2n) is 8.37. The topological polar surface area (TPSA) is 101 Å². The molecule has 0 bridgehead atoms. The van der Waals surface area contributed by atoms with Gasteiger partial charge in [0, 0.05) is 27.4 Å². The Hall–Kier alpha value is -1.36. The Morgan fingerprint density at radius 3 is 2.16 bits per heavy atom. The van der Waals surface area contributed by atoms with Gasteiger partial charge in [0.05, 0.1) is 10.6 Å². The van der Waals surface area contributed by atoms with Gasteiger partial charge in [0.2, 0.25) is 0 Å². The molecule has 0 aliphatic heterocycles. The van der Waals surface area contributed by atoms with E-state index in [2.05, 4.69) is 19.1 Å². The molecule has 3 atom stereocenters. The molecule has 0 amide bonds. The molecule has 3 unspecified atom stereocenters. The molecule has 0 fully saturated rings. The van der Waals surface area contributed by atoms with Crippen LogP contribution in [0.25, 0.3) is 0 Å². The number of nitrogens with zero attached hydrogens (tertiary/aromatic N) is 1. The highest BCUT2D eigenvalue weighted by atomic mass is 31.1. The second-order valence-corrected chi connectivity index (χ2v) is 9.25. The summed E-state index contributed by atoms with van der Waals surface area (Å²) in [5.74, 6) is -0.383. The fourth-order valence-electron chi connectivity index (χ4n) is 3.75. The minimum absolute atomic E-state index is 0.204. The molecule has 0 saturated heterocycles. The smallest absolute Gasteiger partial charge is 0.266 e. The highest BCUT2D eigenvalue weighted by Gasteiger charge is 2.43. The lowest BCUT2D eigenvalue weighted by Gasteiger charge is -2.30. The zero-order valence-corrected chi connectivity index (χ0v) is 19.9. The van der Waals surface area contributed by atoms with Gasteiger partial charge < -0.3 is 10.00 Å². The molecule has 31 heavy (non-hydrogen) atoms. The molecule has 1 rings (SSSR count). The number of hydrogen-bond acceptors (Lipinski definition) is 5. The van der Waals surface area contributed by atoms with E-state index in [4.69, 9.17) is 0 Å². The quantitative estimate of drug-likeness (QED) is 0.0870. The van der Waals surface area contributed by atoms with Crippen LogP contribution in [0.15, 0.2) is 36.1 Å². The molecule has 1 aliphatic carbocycles. The molecule has 7 heteroatoms. The fourth-order valence-corrected chi connectivity index (χ4v) is 4.45. The van der Waals surface area contributed by atoms with Crippen molar-refractivity contribution in [3.8, 4) is 0 Å². The van der Waals surface area contributed by atoms with Crippen LogP contribution in [0, 0.1) is 10.1 Å². The molecule has 2 N–H and O–H groups in total. The third-order valence-electron chi connectivity index (χ3n) is 5.78. The van der Waals surface area contributed by atoms with Crippen LogP contribution in [0.2, 0.25) is 0 Å². The Balaban J connectivity index is 2.11. The predicted octanol–water partition coefficient (Wildman–Crippen LogP) is 6.01. The maximum Gasteiger partial charge on any atom is 0.266 e. The van der Waals surface area contributed by atoms with E-state index in [0.717, 1.165) is 38.2 Å². The van der Waals surface area contributed by atoms with Gasteiger partial charge in [0.15, 0.2) is 11.4 Å². The second kappa shape index (κ2) is 16.3. The number of ketones is 1. The van der Waals surface area contributed by atoms with E-state index >= 15 is 0 Å². The SMILES string of the molecule is CCCCCCCC/C=C\CCCCCCCC(=O)C1(O)C=CC([N+](=O)[O-])=CC1PO. The van der Waals surface area contributed by atoms with E-state index < -0.39 is 25.0 Å². The number of aliphatic hydroxyl groups is 1. The maximum atomic E-state index is 12.5. The number of carbonyl (C=O) groups excluding carboxylic acids is 1. The number of allylic oxidation sites excluding steroid dienone is 3. The van der Waals surface area contributed by atoms with Crippen LogP contribution >= 0.6 is 8.81 Å². The number of nitro groups is 1. The summed E-state index contributed by atoms with van der Waals surface area (Å²) in [5.41, 5.74) is -2.99. The lowest BCUT2D eigenvalue weighted by Crippen LogP contribution is -2.46. The lowest BCUT2D eigenvalue weighted by molar-refractivity contribution is -0.419. The first-order valence-electron chi connectivity index (χ1n) is 11.8. The zero-order chi connectivity index (χ0) is 23.0. The van der Waals surface area contributed by atoms with Crippen molar-refractivity contribution in [1.29, 1.82) is 0 Å². The van der Waals surface area contributed by atoms with Crippen LogP contribution in [-0.2, 0) is 4.79 Å². The number of carbonyl (C=O) groups is 1. The van der Waals surface area contributed by atoms with Crippen molar-refractivity contribution in [3.63, 3.8) is 0 Å². The van der Waals surface area contributed by atoms with E-state index in [1.54, 1.807) is 0 Å². The van der Waals surface area contributed by atoms with E-state index in [-0.39, 0.29) is 17.9 Å². The Morgan fingerprint density at radius 2 is 1.61 bits per heavy atom. The first kappa shape index (κ1) is 27.7. The van der Waals surface area contributed by atoms with Crippen LogP contribution < -0.4 is 0 Å². The van der Waals surface area contributed by atoms with Crippen LogP contribution in [-0.4, -0.2) is 32.0 Å². The van der Waals surface area contributed by atoms with E-state index in [9.17, 15) is 24.9 Å². The van der Waals surface area contributed by atoms with Crippen LogP contribution in [0.1, 0.15) is 96.8 Å². The van der Waals surface area contributed by atoms with Gasteiger partial charge in [-0.2, -0.15) is 0 Å². The molecule has 0 radical (unpaired) electrons. The van der Waals surface area contributed by atoms with Crippen molar-refractivity contribution in [2.24, 2.45) is 0 Å². The van der Waals surface area contributed by atoms with Gasteiger partial charge in [-0.15, -0.1) is 0 Å². The third kappa shape index (κ3) is 10.7. The van der Waals surface area contributed by atoms with Gasteiger partial charge in [-0.05, 0) is 38.2 Å². The summed E-state index contributed by atoms with van der Waals surface area (Å²) in [7, 11) is -0.776. The summed E-state index contributed by atoms with van der Waals surface area (Å²) >= 11 is 0. The van der Waals surface area contributed by atoms with Gasteiger partial charge in [-0.25, -0.2) is 0 Å². The molecule has 0 spiro atoms. The van der Waals surface area contributed by atoms with E-state index in [1.165, 1.54) is 57.1 Å². The van der Waals surface area contributed by atoms with Gasteiger partial charge >= 0.3 is 0 Å². The molecule has 0 aromatic heterocycles. The van der Waals surface area contributed by atoms with Gasteiger partial charge in [-0.3, -0.25) is 14.9 Å².